The van der Waals surface area contributed by atoms with Gasteiger partial charge in [-0.05, 0) is 44.4 Å². The molecule has 2 atom stereocenters. The van der Waals surface area contributed by atoms with E-state index in [1.54, 1.807) is 0 Å². The summed E-state index contributed by atoms with van der Waals surface area (Å²) in [6, 6.07) is 8.43. The Morgan fingerprint density at radius 1 is 1.24 bits per heavy atom. The summed E-state index contributed by atoms with van der Waals surface area (Å²) in [7, 11) is 0. The lowest BCUT2D eigenvalue weighted by Crippen LogP contribution is -2.43. The molecular weight excluding hydrogens is 262 g/mol. The molecule has 2 aromatic rings. The monoisotopic (exact) mass is 285 g/mol. The third kappa shape index (κ3) is 2.99. The van der Waals surface area contributed by atoms with Gasteiger partial charge in [-0.25, -0.2) is 9.97 Å². The number of nitrogen functional groups attached to an aromatic ring is 1. The number of piperidine rings is 1. The molecule has 0 spiro atoms. The highest BCUT2D eigenvalue weighted by atomic mass is 15.2. The van der Waals surface area contributed by atoms with Crippen LogP contribution in [0.5, 0.6) is 0 Å². The molecule has 0 bridgehead atoms. The number of fused-ring (bicyclic) bond motifs is 1. The molecule has 1 aromatic heterocycles. The number of likely N-dealkylation sites (tertiary alicyclic amines) is 1. The third-order valence-corrected chi connectivity index (χ3v) is 4.47. The van der Waals surface area contributed by atoms with Gasteiger partial charge in [-0.15, -0.1) is 0 Å². The zero-order valence-corrected chi connectivity index (χ0v) is 12.5. The minimum atomic E-state index is 0.545. The van der Waals surface area contributed by atoms with E-state index in [4.69, 9.17) is 11.5 Å². The molecule has 1 aliphatic rings. The predicted molar refractivity (Wildman–Crippen MR) is 85.6 cm³/mol. The van der Waals surface area contributed by atoms with E-state index in [-0.39, 0.29) is 0 Å². The molecule has 4 N–H and O–H groups in total. The van der Waals surface area contributed by atoms with Gasteiger partial charge in [0.15, 0.2) is 0 Å². The van der Waals surface area contributed by atoms with Crippen molar-refractivity contribution in [2.45, 2.75) is 32.4 Å². The van der Waals surface area contributed by atoms with Crippen LogP contribution >= 0.6 is 0 Å². The van der Waals surface area contributed by atoms with Crippen molar-refractivity contribution in [3.63, 3.8) is 0 Å². The van der Waals surface area contributed by atoms with Crippen molar-refractivity contribution >= 4 is 16.7 Å². The largest absolute Gasteiger partial charge is 0.383 e. The Morgan fingerprint density at radius 3 is 2.86 bits per heavy atom. The lowest BCUT2D eigenvalue weighted by atomic mass is 9.93. The molecule has 0 amide bonds. The molecule has 5 heteroatoms. The second-order valence-corrected chi connectivity index (χ2v) is 6.00. The number of aromatic nitrogens is 2. The van der Waals surface area contributed by atoms with Gasteiger partial charge in [0.25, 0.3) is 0 Å². The van der Waals surface area contributed by atoms with Crippen LogP contribution in [0.2, 0.25) is 0 Å². The zero-order valence-electron chi connectivity index (χ0n) is 12.5. The average Bonchev–Trinajstić information content (AvgIpc) is 2.49. The number of benzene rings is 1. The molecule has 2 heterocycles. The summed E-state index contributed by atoms with van der Waals surface area (Å²) in [5, 5.41) is 0.924. The summed E-state index contributed by atoms with van der Waals surface area (Å²) in [4.78, 5) is 11.5. The summed E-state index contributed by atoms with van der Waals surface area (Å²) in [5.41, 5.74) is 12.8. The van der Waals surface area contributed by atoms with E-state index in [1.165, 1.54) is 12.8 Å². The number of anilines is 1. The molecule has 5 nitrogen and oxygen atoms in total. The first-order valence-corrected chi connectivity index (χ1v) is 7.62. The minimum absolute atomic E-state index is 0.545. The van der Waals surface area contributed by atoms with Crippen LogP contribution in [0.4, 0.5) is 5.82 Å². The van der Waals surface area contributed by atoms with Crippen LogP contribution in [0.3, 0.4) is 0 Å². The van der Waals surface area contributed by atoms with E-state index >= 15 is 0 Å². The standard InChI is InChI=1S/C16H23N5/c1-11-6-7-12(8-17)9-21(11)10-15-19-14-5-3-2-4-13(14)16(18)20-15/h2-5,11-12H,6-10,17H2,1H3,(H2,18,19,20). The molecule has 3 rings (SSSR count). The SMILES string of the molecule is CC1CCC(CN)CN1Cc1nc(N)c2ccccc2n1. The van der Waals surface area contributed by atoms with E-state index in [0.29, 0.717) is 17.8 Å². The van der Waals surface area contributed by atoms with Crippen molar-refractivity contribution in [2.75, 3.05) is 18.8 Å². The Morgan fingerprint density at radius 2 is 2.05 bits per heavy atom. The van der Waals surface area contributed by atoms with Crippen molar-refractivity contribution in [1.29, 1.82) is 0 Å². The summed E-state index contributed by atoms with van der Waals surface area (Å²) in [6.45, 7) is 4.78. The third-order valence-electron chi connectivity index (χ3n) is 4.47. The molecule has 1 fully saturated rings. The first-order chi connectivity index (χ1) is 10.2. The molecule has 21 heavy (non-hydrogen) atoms. The molecule has 0 radical (unpaired) electrons. The maximum absolute atomic E-state index is 6.06. The second kappa shape index (κ2) is 5.95. The molecule has 0 saturated carbocycles. The fourth-order valence-electron chi connectivity index (χ4n) is 3.08. The summed E-state index contributed by atoms with van der Waals surface area (Å²) in [5.74, 6) is 1.95. The fraction of sp³-hybridized carbons (Fsp3) is 0.500. The van der Waals surface area contributed by atoms with Gasteiger partial charge < -0.3 is 11.5 Å². The van der Waals surface area contributed by atoms with Crippen molar-refractivity contribution in [1.82, 2.24) is 14.9 Å². The fourth-order valence-corrected chi connectivity index (χ4v) is 3.08. The molecule has 1 aliphatic heterocycles. The van der Waals surface area contributed by atoms with Crippen LogP contribution in [0.25, 0.3) is 10.9 Å². The molecule has 0 aliphatic carbocycles. The molecular formula is C16H23N5. The molecule has 2 unspecified atom stereocenters. The van der Waals surface area contributed by atoms with E-state index in [0.717, 1.165) is 36.4 Å². The number of hydrogen-bond acceptors (Lipinski definition) is 5. The number of nitrogens with two attached hydrogens (primary N) is 2. The molecule has 1 saturated heterocycles. The van der Waals surface area contributed by atoms with Crippen molar-refractivity contribution < 1.29 is 0 Å². The number of hydrogen-bond donors (Lipinski definition) is 2. The molecule has 1 aromatic carbocycles. The van der Waals surface area contributed by atoms with Gasteiger partial charge in [0, 0.05) is 18.0 Å². The predicted octanol–water partition coefficient (Wildman–Crippen LogP) is 1.77. The van der Waals surface area contributed by atoms with Crippen LogP contribution in [-0.4, -0.2) is 34.0 Å². The smallest absolute Gasteiger partial charge is 0.145 e. The maximum Gasteiger partial charge on any atom is 0.145 e. The summed E-state index contributed by atoms with van der Waals surface area (Å²) < 4.78 is 0. The van der Waals surface area contributed by atoms with Crippen molar-refractivity contribution in [3.05, 3.63) is 30.1 Å². The van der Waals surface area contributed by atoms with Crippen LogP contribution in [0.15, 0.2) is 24.3 Å². The van der Waals surface area contributed by atoms with Gasteiger partial charge in [-0.1, -0.05) is 12.1 Å². The highest BCUT2D eigenvalue weighted by Gasteiger charge is 2.25. The van der Waals surface area contributed by atoms with E-state index in [1.807, 2.05) is 24.3 Å². The Balaban J connectivity index is 1.84. The maximum atomic E-state index is 6.06. The quantitative estimate of drug-likeness (QED) is 0.898. The highest BCUT2D eigenvalue weighted by molar-refractivity contribution is 5.87. The topological polar surface area (TPSA) is 81.1 Å². The summed E-state index contributed by atoms with van der Waals surface area (Å²) >= 11 is 0. The number of nitrogens with zero attached hydrogens (tertiary/aromatic N) is 3. The van der Waals surface area contributed by atoms with Gasteiger partial charge in [0.2, 0.25) is 0 Å². The van der Waals surface area contributed by atoms with Crippen LogP contribution < -0.4 is 11.5 Å². The van der Waals surface area contributed by atoms with Crippen molar-refractivity contribution in [3.8, 4) is 0 Å². The van der Waals surface area contributed by atoms with Gasteiger partial charge in [0.1, 0.15) is 11.6 Å². The number of para-hydroxylation sites is 1. The number of rotatable bonds is 3. The van der Waals surface area contributed by atoms with E-state index < -0.39 is 0 Å². The van der Waals surface area contributed by atoms with Gasteiger partial charge >= 0.3 is 0 Å². The summed E-state index contributed by atoms with van der Waals surface area (Å²) in [6.07, 6.45) is 2.40. The lowest BCUT2D eigenvalue weighted by Gasteiger charge is -2.37. The molecule has 112 valence electrons. The van der Waals surface area contributed by atoms with Crippen LogP contribution in [-0.2, 0) is 6.54 Å². The first-order valence-electron chi connectivity index (χ1n) is 7.62. The first kappa shape index (κ1) is 14.2. The van der Waals surface area contributed by atoms with Crippen LogP contribution in [0, 0.1) is 5.92 Å². The van der Waals surface area contributed by atoms with Crippen molar-refractivity contribution in [2.24, 2.45) is 11.7 Å². The van der Waals surface area contributed by atoms with Gasteiger partial charge in [-0.2, -0.15) is 0 Å². The Bertz CT molecular complexity index is 627. The zero-order chi connectivity index (χ0) is 14.8. The van der Waals surface area contributed by atoms with Gasteiger partial charge in [-0.3, -0.25) is 4.90 Å². The average molecular weight is 285 g/mol. The Kier molecular flexibility index (Phi) is 4.03. The Hall–Kier alpha value is -1.72. The highest BCUT2D eigenvalue weighted by Crippen LogP contribution is 2.23. The normalized spacial score (nSPS) is 23.5. The van der Waals surface area contributed by atoms with E-state index in [2.05, 4.69) is 21.8 Å². The van der Waals surface area contributed by atoms with Crippen LogP contribution in [0.1, 0.15) is 25.6 Å². The van der Waals surface area contributed by atoms with Gasteiger partial charge in [0.05, 0.1) is 12.1 Å². The second-order valence-electron chi connectivity index (χ2n) is 6.00. The Labute approximate surface area is 125 Å². The minimum Gasteiger partial charge on any atom is -0.383 e. The lowest BCUT2D eigenvalue weighted by molar-refractivity contribution is 0.110. The van der Waals surface area contributed by atoms with E-state index in [9.17, 15) is 0 Å².